The number of thiophene rings is 1. The fourth-order valence-corrected chi connectivity index (χ4v) is 2.82. The van der Waals surface area contributed by atoms with Crippen LogP contribution in [0, 0.1) is 0 Å². The summed E-state index contributed by atoms with van der Waals surface area (Å²) in [5, 5.41) is 5.56. The highest BCUT2D eigenvalue weighted by molar-refractivity contribution is 7.17. The summed E-state index contributed by atoms with van der Waals surface area (Å²) in [7, 11) is 2.01. The minimum Gasteiger partial charge on any atom is -0.337 e. The summed E-state index contributed by atoms with van der Waals surface area (Å²) in [6, 6.07) is 4.52. The lowest BCUT2D eigenvalue weighted by molar-refractivity contribution is 0.548. The van der Waals surface area contributed by atoms with E-state index in [4.69, 9.17) is 0 Å². The van der Waals surface area contributed by atoms with E-state index in [2.05, 4.69) is 39.7 Å². The van der Waals surface area contributed by atoms with Gasteiger partial charge in [-0.3, -0.25) is 4.98 Å². The van der Waals surface area contributed by atoms with Crippen LogP contribution in [0.15, 0.2) is 36.1 Å². The second kappa shape index (κ2) is 5.11. The fraction of sp³-hybridized carbons (Fsp3) is 0.286. The zero-order valence-electron chi connectivity index (χ0n) is 11.0. The third-order valence-electron chi connectivity index (χ3n) is 3.31. The minimum atomic E-state index is 0.260. The van der Waals surface area contributed by atoms with Gasteiger partial charge in [0.15, 0.2) is 0 Å². The number of pyridine rings is 1. The van der Waals surface area contributed by atoms with E-state index in [-0.39, 0.29) is 6.04 Å². The molecule has 3 aromatic rings. The normalized spacial score (nSPS) is 12.9. The number of nitrogens with one attached hydrogen (secondary N) is 1. The molecule has 0 amide bonds. The van der Waals surface area contributed by atoms with E-state index in [0.717, 1.165) is 17.9 Å². The Morgan fingerprint density at radius 3 is 3.11 bits per heavy atom. The van der Waals surface area contributed by atoms with E-state index >= 15 is 0 Å². The summed E-state index contributed by atoms with van der Waals surface area (Å²) in [5.41, 5.74) is 2.29. The molecule has 1 N–H and O–H groups in total. The molecule has 0 radical (unpaired) electrons. The summed E-state index contributed by atoms with van der Waals surface area (Å²) in [6.07, 6.45) is 5.73. The first-order valence-corrected chi connectivity index (χ1v) is 7.15. The van der Waals surface area contributed by atoms with E-state index < -0.39 is 0 Å². The number of imidazole rings is 1. The van der Waals surface area contributed by atoms with Crippen LogP contribution in [-0.4, -0.2) is 14.5 Å². The Hall–Kier alpha value is -1.72. The third kappa shape index (κ3) is 2.52. The molecule has 0 aliphatic carbocycles. The number of fused-ring (bicyclic) bond motifs is 1. The van der Waals surface area contributed by atoms with Crippen molar-refractivity contribution in [3.8, 4) is 0 Å². The summed E-state index contributed by atoms with van der Waals surface area (Å²) in [4.78, 5) is 8.78. The molecule has 3 heterocycles. The van der Waals surface area contributed by atoms with Gasteiger partial charge in [-0.25, -0.2) is 4.98 Å². The molecule has 3 aromatic heterocycles. The molecular weight excluding hydrogens is 256 g/mol. The highest BCUT2D eigenvalue weighted by Crippen LogP contribution is 2.22. The molecule has 0 spiro atoms. The summed E-state index contributed by atoms with van der Waals surface area (Å²) < 4.78 is 3.27. The van der Waals surface area contributed by atoms with Crippen molar-refractivity contribution in [2.24, 2.45) is 7.05 Å². The van der Waals surface area contributed by atoms with Crippen molar-refractivity contribution < 1.29 is 0 Å². The highest BCUT2D eigenvalue weighted by Gasteiger charge is 2.08. The van der Waals surface area contributed by atoms with Gasteiger partial charge in [0.1, 0.15) is 5.82 Å². The molecule has 1 atom stereocenters. The van der Waals surface area contributed by atoms with Crippen molar-refractivity contribution >= 4 is 21.6 Å². The zero-order valence-corrected chi connectivity index (χ0v) is 11.8. The SMILES string of the molecule is CC(NCc1nccn1C)c1cnc2ccsc2c1. The average molecular weight is 272 g/mol. The van der Waals surface area contributed by atoms with Crippen molar-refractivity contribution in [1.29, 1.82) is 0 Å². The number of aryl methyl sites for hydroxylation is 1. The number of rotatable bonds is 4. The Morgan fingerprint density at radius 2 is 2.32 bits per heavy atom. The van der Waals surface area contributed by atoms with Crippen molar-refractivity contribution in [3.05, 3.63) is 47.5 Å². The topological polar surface area (TPSA) is 42.7 Å². The summed E-state index contributed by atoms with van der Waals surface area (Å²) in [6.45, 7) is 2.91. The van der Waals surface area contributed by atoms with E-state index in [1.807, 2.05) is 30.2 Å². The number of hydrogen-bond donors (Lipinski definition) is 1. The molecular formula is C14H16N4S. The lowest BCUT2D eigenvalue weighted by Crippen LogP contribution is -2.20. The molecule has 0 aliphatic rings. The molecule has 0 aromatic carbocycles. The van der Waals surface area contributed by atoms with Gasteiger partial charge in [0.05, 0.1) is 16.8 Å². The van der Waals surface area contributed by atoms with E-state index in [1.165, 1.54) is 10.3 Å². The molecule has 98 valence electrons. The van der Waals surface area contributed by atoms with Crippen LogP contribution in [0.5, 0.6) is 0 Å². The second-order valence-corrected chi connectivity index (χ2v) is 5.58. The van der Waals surface area contributed by atoms with Crippen molar-refractivity contribution in [2.45, 2.75) is 19.5 Å². The highest BCUT2D eigenvalue weighted by atomic mass is 32.1. The molecule has 0 aliphatic heterocycles. The van der Waals surface area contributed by atoms with Gasteiger partial charge >= 0.3 is 0 Å². The van der Waals surface area contributed by atoms with Crippen LogP contribution in [0.4, 0.5) is 0 Å². The molecule has 0 saturated carbocycles. The maximum atomic E-state index is 4.47. The molecule has 0 fully saturated rings. The molecule has 3 rings (SSSR count). The Kier molecular flexibility index (Phi) is 3.31. The van der Waals surface area contributed by atoms with Gasteiger partial charge in [-0.15, -0.1) is 11.3 Å². The van der Waals surface area contributed by atoms with E-state index in [9.17, 15) is 0 Å². The van der Waals surface area contributed by atoms with Crippen LogP contribution >= 0.6 is 11.3 Å². The second-order valence-electron chi connectivity index (χ2n) is 4.63. The Bertz CT molecular complexity index is 685. The summed E-state index contributed by atoms with van der Waals surface area (Å²) >= 11 is 1.73. The van der Waals surface area contributed by atoms with Gasteiger partial charge in [0.2, 0.25) is 0 Å². The van der Waals surface area contributed by atoms with Gasteiger partial charge in [-0.1, -0.05) is 0 Å². The van der Waals surface area contributed by atoms with E-state index in [0.29, 0.717) is 0 Å². The molecule has 0 saturated heterocycles. The van der Waals surface area contributed by atoms with Crippen LogP contribution in [0.2, 0.25) is 0 Å². The lowest BCUT2D eigenvalue weighted by Gasteiger charge is -2.13. The standard InChI is InChI=1S/C14H16N4S/c1-10(16-9-14-15-4-5-18(14)2)11-7-13-12(17-8-11)3-6-19-13/h3-8,10,16H,9H2,1-2H3. The number of nitrogens with zero attached hydrogens (tertiary/aromatic N) is 3. The maximum Gasteiger partial charge on any atom is 0.122 e. The van der Waals surface area contributed by atoms with Crippen LogP contribution in [0.1, 0.15) is 24.4 Å². The van der Waals surface area contributed by atoms with Crippen molar-refractivity contribution in [2.75, 3.05) is 0 Å². The first-order valence-electron chi connectivity index (χ1n) is 6.27. The maximum absolute atomic E-state index is 4.47. The quantitative estimate of drug-likeness (QED) is 0.794. The van der Waals surface area contributed by atoms with Gasteiger partial charge in [0.25, 0.3) is 0 Å². The fourth-order valence-electron chi connectivity index (χ4n) is 2.03. The Labute approximate surface area is 116 Å². The molecule has 19 heavy (non-hydrogen) atoms. The lowest BCUT2D eigenvalue weighted by atomic mass is 10.1. The third-order valence-corrected chi connectivity index (χ3v) is 4.16. The largest absolute Gasteiger partial charge is 0.337 e. The van der Waals surface area contributed by atoms with Crippen LogP contribution in [0.25, 0.3) is 10.2 Å². The smallest absolute Gasteiger partial charge is 0.122 e. The van der Waals surface area contributed by atoms with Gasteiger partial charge in [-0.2, -0.15) is 0 Å². The Balaban J connectivity index is 1.72. The number of hydrogen-bond acceptors (Lipinski definition) is 4. The van der Waals surface area contributed by atoms with E-state index in [1.54, 1.807) is 11.3 Å². The van der Waals surface area contributed by atoms with Crippen LogP contribution < -0.4 is 5.32 Å². The minimum absolute atomic E-state index is 0.260. The molecule has 4 nitrogen and oxygen atoms in total. The van der Waals surface area contributed by atoms with Crippen molar-refractivity contribution in [3.63, 3.8) is 0 Å². The van der Waals surface area contributed by atoms with Crippen LogP contribution in [-0.2, 0) is 13.6 Å². The monoisotopic (exact) mass is 272 g/mol. The predicted molar refractivity (Wildman–Crippen MR) is 78.1 cm³/mol. The first-order chi connectivity index (χ1) is 9.24. The molecule has 1 unspecified atom stereocenters. The Morgan fingerprint density at radius 1 is 1.42 bits per heavy atom. The zero-order chi connectivity index (χ0) is 13.2. The van der Waals surface area contributed by atoms with Gasteiger partial charge in [-0.05, 0) is 30.0 Å². The summed E-state index contributed by atoms with van der Waals surface area (Å²) in [5.74, 6) is 1.04. The average Bonchev–Trinajstić information content (AvgIpc) is 3.03. The molecule has 5 heteroatoms. The number of aromatic nitrogens is 3. The van der Waals surface area contributed by atoms with Gasteiger partial charge in [0, 0.05) is 31.7 Å². The van der Waals surface area contributed by atoms with Crippen LogP contribution in [0.3, 0.4) is 0 Å². The first kappa shape index (κ1) is 12.3. The van der Waals surface area contributed by atoms with Gasteiger partial charge < -0.3 is 9.88 Å². The molecule has 0 bridgehead atoms. The predicted octanol–water partition coefficient (Wildman–Crippen LogP) is 2.88. The van der Waals surface area contributed by atoms with Crippen molar-refractivity contribution in [1.82, 2.24) is 19.9 Å².